The second-order valence-electron chi connectivity index (χ2n) is 6.56. The number of allylic oxidation sites excluding steroid dienone is 1. The Balaban J connectivity index is 2.73. The van der Waals surface area contributed by atoms with E-state index in [4.69, 9.17) is 14.0 Å². The molecule has 4 nitrogen and oxygen atoms in total. The Kier molecular flexibility index (Phi) is 5.44. The summed E-state index contributed by atoms with van der Waals surface area (Å²) in [4.78, 5) is 11.0. The van der Waals surface area contributed by atoms with Crippen molar-refractivity contribution in [1.29, 1.82) is 0 Å². The average molecular weight is 282 g/mol. The highest BCUT2D eigenvalue weighted by molar-refractivity contribution is 6.47. The van der Waals surface area contributed by atoms with Crippen molar-refractivity contribution in [3.8, 4) is 0 Å². The van der Waals surface area contributed by atoms with Crippen molar-refractivity contribution in [2.45, 2.75) is 77.5 Å². The van der Waals surface area contributed by atoms with Crippen molar-refractivity contribution in [2.24, 2.45) is 0 Å². The first-order chi connectivity index (χ1) is 9.09. The molecule has 20 heavy (non-hydrogen) atoms. The summed E-state index contributed by atoms with van der Waals surface area (Å²) in [5.74, 6) is -0.133. The zero-order chi connectivity index (χ0) is 15.6. The van der Waals surface area contributed by atoms with Gasteiger partial charge in [-0.3, -0.25) is 4.79 Å². The Morgan fingerprint density at radius 1 is 1.30 bits per heavy atom. The van der Waals surface area contributed by atoms with Crippen molar-refractivity contribution in [3.63, 3.8) is 0 Å². The Morgan fingerprint density at radius 3 is 2.20 bits per heavy atom. The molecule has 0 spiro atoms. The lowest BCUT2D eigenvalue weighted by Crippen LogP contribution is -2.41. The summed E-state index contributed by atoms with van der Waals surface area (Å²) in [6, 6.07) is 0. The fourth-order valence-corrected chi connectivity index (χ4v) is 2.37. The maximum atomic E-state index is 11.0. The summed E-state index contributed by atoms with van der Waals surface area (Å²) in [6.07, 6.45) is 3.16. The second-order valence-corrected chi connectivity index (χ2v) is 6.56. The third-order valence-electron chi connectivity index (χ3n) is 4.13. The minimum absolute atomic E-state index is 0.128. The second kappa shape index (κ2) is 6.31. The summed E-state index contributed by atoms with van der Waals surface area (Å²) >= 11 is 0. The molecule has 1 rings (SSSR count). The smallest absolute Gasteiger partial charge is 0.461 e. The molecule has 0 aliphatic carbocycles. The molecule has 1 fully saturated rings. The first kappa shape index (κ1) is 17.2. The zero-order valence-electron chi connectivity index (χ0n) is 13.6. The topological polar surface area (TPSA) is 44.8 Å². The number of esters is 1. The number of carbonyl (C=O) groups is 1. The molecule has 0 unspecified atom stereocenters. The molecule has 1 aliphatic rings. The van der Waals surface area contributed by atoms with Gasteiger partial charge in [0.15, 0.2) is 0 Å². The molecule has 0 saturated carbocycles. The quantitative estimate of drug-likeness (QED) is 0.425. The van der Waals surface area contributed by atoms with Gasteiger partial charge in [-0.15, -0.1) is 6.58 Å². The van der Waals surface area contributed by atoms with Crippen LogP contribution in [0.5, 0.6) is 0 Å². The van der Waals surface area contributed by atoms with Gasteiger partial charge in [-0.05, 0) is 47.5 Å². The average Bonchev–Trinajstić information content (AvgIpc) is 2.46. The van der Waals surface area contributed by atoms with Crippen molar-refractivity contribution in [1.82, 2.24) is 0 Å². The Hall–Kier alpha value is -0.805. The highest BCUT2D eigenvalue weighted by atomic mass is 16.7. The molecular weight excluding hydrogens is 255 g/mol. The fraction of sp³-hybridized carbons (Fsp3) is 0.800. The minimum atomic E-state index is -0.345. The Morgan fingerprint density at radius 2 is 1.80 bits per heavy atom. The molecule has 0 radical (unpaired) electrons. The fourth-order valence-electron chi connectivity index (χ4n) is 2.37. The van der Waals surface area contributed by atoms with Gasteiger partial charge < -0.3 is 14.0 Å². The number of ether oxygens (including phenoxy) is 1. The normalized spacial score (nSPS) is 23.2. The van der Waals surface area contributed by atoms with Crippen LogP contribution in [0.25, 0.3) is 0 Å². The van der Waals surface area contributed by atoms with Crippen LogP contribution in [-0.2, 0) is 18.8 Å². The molecule has 0 bridgehead atoms. The van der Waals surface area contributed by atoms with E-state index >= 15 is 0 Å². The monoisotopic (exact) mass is 282 g/mol. The van der Waals surface area contributed by atoms with Gasteiger partial charge in [0.05, 0.1) is 17.3 Å². The van der Waals surface area contributed by atoms with E-state index in [9.17, 15) is 4.79 Å². The lowest BCUT2D eigenvalue weighted by atomic mass is 9.67. The molecule has 1 aliphatic heterocycles. The lowest BCUT2D eigenvalue weighted by molar-refractivity contribution is -0.145. The summed E-state index contributed by atoms with van der Waals surface area (Å²) in [5.41, 5.74) is -0.691. The van der Waals surface area contributed by atoms with Gasteiger partial charge in [0, 0.05) is 12.7 Å². The SMILES string of the molecule is C=CC[C@@H](C[C@@H](C)OC(C)=O)B1OC(C)(C)C(C)(C)O1. The molecule has 1 heterocycles. The van der Waals surface area contributed by atoms with Crippen LogP contribution in [0.3, 0.4) is 0 Å². The van der Waals surface area contributed by atoms with E-state index in [1.807, 2.05) is 40.7 Å². The summed E-state index contributed by atoms with van der Waals surface area (Å²) < 4.78 is 17.4. The Labute approximate surface area is 123 Å². The van der Waals surface area contributed by atoms with E-state index in [0.717, 1.165) is 6.42 Å². The van der Waals surface area contributed by atoms with Gasteiger partial charge in [-0.2, -0.15) is 0 Å². The van der Waals surface area contributed by atoms with Gasteiger partial charge in [-0.25, -0.2) is 0 Å². The van der Waals surface area contributed by atoms with Gasteiger partial charge in [0.2, 0.25) is 0 Å². The van der Waals surface area contributed by atoms with Crippen LogP contribution in [-0.4, -0.2) is 30.4 Å². The predicted octanol–water partition coefficient (Wildman–Crippen LogP) is 3.37. The molecule has 2 atom stereocenters. The van der Waals surface area contributed by atoms with Crippen LogP contribution in [0.15, 0.2) is 12.7 Å². The van der Waals surface area contributed by atoms with Crippen LogP contribution >= 0.6 is 0 Å². The molecular formula is C15H27BO4. The van der Waals surface area contributed by atoms with Crippen molar-refractivity contribution in [3.05, 3.63) is 12.7 Å². The highest BCUT2D eigenvalue weighted by Gasteiger charge is 2.53. The van der Waals surface area contributed by atoms with Crippen LogP contribution in [0, 0.1) is 0 Å². The molecule has 0 N–H and O–H groups in total. The maximum Gasteiger partial charge on any atom is 0.461 e. The first-order valence-electron chi connectivity index (χ1n) is 7.23. The van der Waals surface area contributed by atoms with Gasteiger partial charge in [0.1, 0.15) is 0 Å². The first-order valence-corrected chi connectivity index (χ1v) is 7.23. The maximum absolute atomic E-state index is 11.0. The van der Waals surface area contributed by atoms with E-state index in [1.54, 1.807) is 0 Å². The van der Waals surface area contributed by atoms with Gasteiger partial charge >= 0.3 is 13.1 Å². The molecule has 0 aromatic carbocycles. The van der Waals surface area contributed by atoms with E-state index in [-0.39, 0.29) is 36.2 Å². The predicted molar refractivity (Wildman–Crippen MR) is 80.5 cm³/mol. The standard InChI is InChI=1S/C15H27BO4/c1-8-9-13(10-11(2)18-12(3)17)16-19-14(4,5)15(6,7)20-16/h8,11,13H,1,9-10H2,2-7H3/t11-,13+/m1/s1. The summed E-state index contributed by atoms with van der Waals surface area (Å²) in [6.45, 7) is 15.3. The van der Waals surface area contributed by atoms with E-state index in [0.29, 0.717) is 6.42 Å². The summed E-state index contributed by atoms with van der Waals surface area (Å²) in [5, 5.41) is 0. The van der Waals surface area contributed by atoms with Gasteiger partial charge in [-0.1, -0.05) is 6.08 Å². The third-order valence-corrected chi connectivity index (χ3v) is 4.13. The van der Waals surface area contributed by atoms with Crippen molar-refractivity contribution in [2.75, 3.05) is 0 Å². The van der Waals surface area contributed by atoms with E-state index in [2.05, 4.69) is 6.58 Å². The van der Waals surface area contributed by atoms with Crippen molar-refractivity contribution < 1.29 is 18.8 Å². The number of carbonyl (C=O) groups excluding carboxylic acids is 1. The molecule has 1 saturated heterocycles. The van der Waals surface area contributed by atoms with Gasteiger partial charge in [0.25, 0.3) is 0 Å². The third kappa shape index (κ3) is 4.09. The summed E-state index contributed by atoms with van der Waals surface area (Å²) in [7, 11) is -0.295. The van der Waals surface area contributed by atoms with Crippen LogP contribution in [0.1, 0.15) is 54.4 Å². The van der Waals surface area contributed by atoms with Crippen molar-refractivity contribution >= 4 is 13.1 Å². The molecule has 0 aromatic rings. The molecule has 0 amide bonds. The zero-order valence-corrected chi connectivity index (χ0v) is 13.6. The molecule has 5 heteroatoms. The van der Waals surface area contributed by atoms with E-state index < -0.39 is 0 Å². The van der Waals surface area contributed by atoms with Crippen LogP contribution in [0.4, 0.5) is 0 Å². The molecule has 114 valence electrons. The lowest BCUT2D eigenvalue weighted by Gasteiger charge is -2.32. The Bertz CT molecular complexity index is 349. The highest BCUT2D eigenvalue weighted by Crippen LogP contribution is 2.42. The largest absolute Gasteiger partial charge is 0.463 e. The minimum Gasteiger partial charge on any atom is -0.463 e. The van der Waals surface area contributed by atoms with Crippen LogP contribution < -0.4 is 0 Å². The number of hydrogen-bond acceptors (Lipinski definition) is 4. The number of hydrogen-bond donors (Lipinski definition) is 0. The van der Waals surface area contributed by atoms with Crippen LogP contribution in [0.2, 0.25) is 5.82 Å². The number of rotatable bonds is 6. The molecule has 0 aromatic heterocycles. The van der Waals surface area contributed by atoms with E-state index in [1.165, 1.54) is 6.92 Å².